The molecule has 0 radical (unpaired) electrons. The van der Waals surface area contributed by atoms with Gasteiger partial charge in [-0.05, 0) is 55.7 Å². The molecule has 0 aromatic heterocycles. The van der Waals surface area contributed by atoms with Crippen LogP contribution in [0, 0.1) is 0 Å². The molecule has 1 saturated carbocycles. The lowest BCUT2D eigenvalue weighted by molar-refractivity contribution is -0.116. The van der Waals surface area contributed by atoms with Gasteiger partial charge in [0.15, 0.2) is 0 Å². The van der Waals surface area contributed by atoms with Crippen LogP contribution < -0.4 is 4.90 Å². The molecule has 1 aliphatic carbocycles. The van der Waals surface area contributed by atoms with Crippen molar-refractivity contribution >= 4 is 29.3 Å². The highest BCUT2D eigenvalue weighted by atomic mass is 32.2. The van der Waals surface area contributed by atoms with Crippen LogP contribution in [0.15, 0.2) is 18.2 Å². The lowest BCUT2D eigenvalue weighted by atomic mass is 9.98. The van der Waals surface area contributed by atoms with Crippen molar-refractivity contribution in [2.75, 3.05) is 24.7 Å². The van der Waals surface area contributed by atoms with E-state index in [0.29, 0.717) is 11.3 Å². The van der Waals surface area contributed by atoms with Gasteiger partial charge in [-0.15, -0.1) is 0 Å². The Bertz CT molecular complexity index is 646. The third-order valence-electron chi connectivity index (χ3n) is 5.36. The molecule has 0 spiro atoms. The number of rotatable bonds is 3. The first-order valence-corrected chi connectivity index (χ1v) is 10.0. The molecule has 1 aromatic carbocycles. The van der Waals surface area contributed by atoms with Gasteiger partial charge in [-0.2, -0.15) is 11.8 Å². The molecular formula is C19H26N2O2S. The summed E-state index contributed by atoms with van der Waals surface area (Å²) in [6, 6.07) is 6.14. The zero-order chi connectivity index (χ0) is 17.3. The molecule has 1 fully saturated rings. The quantitative estimate of drug-likeness (QED) is 0.843. The third-order valence-corrected chi connectivity index (χ3v) is 6.52. The van der Waals surface area contributed by atoms with E-state index in [0.717, 1.165) is 42.6 Å². The fourth-order valence-electron chi connectivity index (χ4n) is 4.04. The Morgan fingerprint density at radius 2 is 2.04 bits per heavy atom. The highest BCUT2D eigenvalue weighted by molar-refractivity contribution is 7.99. The fraction of sp³-hybridized carbons (Fsp3) is 0.579. The predicted octanol–water partition coefficient (Wildman–Crippen LogP) is 3.34. The topological polar surface area (TPSA) is 40.6 Å². The summed E-state index contributed by atoms with van der Waals surface area (Å²) in [5.74, 6) is 0.171. The Balaban J connectivity index is 1.82. The first-order chi connectivity index (χ1) is 11.5. The van der Waals surface area contributed by atoms with Crippen LogP contribution in [0.3, 0.4) is 0 Å². The van der Waals surface area contributed by atoms with Crippen molar-refractivity contribution in [3.63, 3.8) is 0 Å². The van der Waals surface area contributed by atoms with Gasteiger partial charge < -0.3 is 9.80 Å². The first kappa shape index (κ1) is 17.3. The number of hydrogen-bond acceptors (Lipinski definition) is 3. The maximum atomic E-state index is 12.9. The molecular weight excluding hydrogens is 320 g/mol. The number of carbonyl (C=O) groups is 2. The zero-order valence-corrected chi connectivity index (χ0v) is 15.6. The molecule has 1 aromatic rings. The van der Waals surface area contributed by atoms with Crippen LogP contribution in [0.2, 0.25) is 0 Å². The fourth-order valence-corrected chi connectivity index (χ4v) is 5.07. The highest BCUT2D eigenvalue weighted by Gasteiger charge is 2.32. The van der Waals surface area contributed by atoms with Crippen molar-refractivity contribution in [3.8, 4) is 0 Å². The summed E-state index contributed by atoms with van der Waals surface area (Å²) in [6.45, 7) is 2.37. The second kappa shape index (κ2) is 7.18. The molecule has 5 heteroatoms. The molecule has 0 unspecified atom stereocenters. The van der Waals surface area contributed by atoms with E-state index >= 15 is 0 Å². The number of hydrogen-bond donors (Lipinski definition) is 0. The minimum absolute atomic E-state index is 0.0703. The maximum Gasteiger partial charge on any atom is 0.253 e. The normalized spacial score (nSPS) is 23.0. The summed E-state index contributed by atoms with van der Waals surface area (Å²) in [5, 5.41) is 0.546. The van der Waals surface area contributed by atoms with Crippen LogP contribution in [0.1, 0.15) is 48.5 Å². The molecule has 1 heterocycles. The van der Waals surface area contributed by atoms with Gasteiger partial charge >= 0.3 is 0 Å². The van der Waals surface area contributed by atoms with E-state index < -0.39 is 0 Å². The minimum Gasteiger partial charge on any atom is -0.338 e. The van der Waals surface area contributed by atoms with Crippen LogP contribution in [0.5, 0.6) is 0 Å². The van der Waals surface area contributed by atoms with Crippen molar-refractivity contribution in [3.05, 3.63) is 29.3 Å². The van der Waals surface area contributed by atoms with Crippen molar-refractivity contribution < 1.29 is 9.59 Å². The van der Waals surface area contributed by atoms with Gasteiger partial charge in [-0.3, -0.25) is 9.59 Å². The van der Waals surface area contributed by atoms with Gasteiger partial charge in [0.05, 0.1) is 0 Å². The van der Waals surface area contributed by atoms with Crippen molar-refractivity contribution in [2.24, 2.45) is 0 Å². The largest absolute Gasteiger partial charge is 0.338 e. The maximum absolute atomic E-state index is 12.9. The molecule has 2 atom stereocenters. The molecule has 0 N–H and O–H groups in total. The van der Waals surface area contributed by atoms with Gasteiger partial charge in [0.1, 0.15) is 0 Å². The second-order valence-corrected chi connectivity index (χ2v) is 7.88. The lowest BCUT2D eigenvalue weighted by Crippen LogP contribution is -2.40. The molecule has 0 saturated heterocycles. The first-order valence-electron chi connectivity index (χ1n) is 8.74. The lowest BCUT2D eigenvalue weighted by Gasteiger charge is -2.31. The van der Waals surface area contributed by atoms with Crippen molar-refractivity contribution in [1.29, 1.82) is 0 Å². The standard InChI is InChI=1S/C19H26N2O2S/c1-13(22)21-11-5-6-14-12-15(9-10-16(14)21)19(23)20(2)17-7-4-8-18(17)24-3/h9-10,12,17-18H,4-8,11H2,1-3H3/t17-,18-/m1/s1. The van der Waals surface area contributed by atoms with Gasteiger partial charge in [-0.25, -0.2) is 0 Å². The average molecular weight is 346 g/mol. The van der Waals surface area contributed by atoms with Crippen LogP contribution in [-0.4, -0.2) is 47.9 Å². The molecule has 2 aliphatic rings. The van der Waals surface area contributed by atoms with E-state index in [9.17, 15) is 9.59 Å². The van der Waals surface area contributed by atoms with Crippen LogP contribution in [0.4, 0.5) is 5.69 Å². The van der Waals surface area contributed by atoms with E-state index in [-0.39, 0.29) is 11.8 Å². The van der Waals surface area contributed by atoms with Crippen molar-refractivity contribution in [1.82, 2.24) is 4.90 Å². The van der Waals surface area contributed by atoms with Gasteiger partial charge in [0, 0.05) is 43.1 Å². The van der Waals surface area contributed by atoms with Crippen LogP contribution >= 0.6 is 11.8 Å². The summed E-state index contributed by atoms with van der Waals surface area (Å²) in [5.41, 5.74) is 2.83. The molecule has 24 heavy (non-hydrogen) atoms. The number of benzene rings is 1. The predicted molar refractivity (Wildman–Crippen MR) is 99.8 cm³/mol. The molecule has 3 rings (SSSR count). The molecule has 1 aliphatic heterocycles. The third kappa shape index (κ3) is 3.18. The minimum atomic E-state index is 0.0703. The van der Waals surface area contributed by atoms with E-state index in [1.54, 1.807) is 6.92 Å². The van der Waals surface area contributed by atoms with E-state index in [1.807, 2.05) is 46.8 Å². The number of amides is 2. The van der Waals surface area contributed by atoms with Gasteiger partial charge in [-0.1, -0.05) is 6.42 Å². The Morgan fingerprint density at radius 3 is 2.75 bits per heavy atom. The summed E-state index contributed by atoms with van der Waals surface area (Å²) in [7, 11) is 1.93. The second-order valence-electron chi connectivity index (χ2n) is 6.81. The highest BCUT2D eigenvalue weighted by Crippen LogP contribution is 2.33. The summed E-state index contributed by atoms with van der Waals surface area (Å²) in [4.78, 5) is 28.5. The number of anilines is 1. The van der Waals surface area contributed by atoms with E-state index in [4.69, 9.17) is 0 Å². The Kier molecular flexibility index (Phi) is 5.18. The zero-order valence-electron chi connectivity index (χ0n) is 14.7. The molecule has 0 bridgehead atoms. The summed E-state index contributed by atoms with van der Waals surface area (Å²) in [6.07, 6.45) is 7.51. The number of fused-ring (bicyclic) bond motifs is 1. The monoisotopic (exact) mass is 346 g/mol. The molecule has 130 valence electrons. The van der Waals surface area contributed by atoms with Crippen molar-refractivity contribution in [2.45, 2.75) is 50.3 Å². The summed E-state index contributed by atoms with van der Waals surface area (Å²) >= 11 is 1.87. The van der Waals surface area contributed by atoms with Gasteiger partial charge in [0.2, 0.25) is 5.91 Å². The molecule has 4 nitrogen and oxygen atoms in total. The average Bonchev–Trinajstić information content (AvgIpc) is 3.07. The number of thioether (sulfide) groups is 1. The van der Waals surface area contributed by atoms with E-state index in [1.165, 1.54) is 12.8 Å². The van der Waals surface area contributed by atoms with E-state index in [2.05, 4.69) is 6.26 Å². The van der Waals surface area contributed by atoms with Crippen LogP contribution in [0.25, 0.3) is 0 Å². The summed E-state index contributed by atoms with van der Waals surface area (Å²) < 4.78 is 0. The number of nitrogens with zero attached hydrogens (tertiary/aromatic N) is 2. The number of aryl methyl sites for hydroxylation is 1. The Hall–Kier alpha value is -1.49. The smallest absolute Gasteiger partial charge is 0.253 e. The number of carbonyl (C=O) groups excluding carboxylic acids is 2. The Labute approximate surface area is 148 Å². The van der Waals surface area contributed by atoms with Crippen LogP contribution in [-0.2, 0) is 11.2 Å². The Morgan fingerprint density at radius 1 is 1.25 bits per heavy atom. The molecule has 2 amide bonds. The van der Waals surface area contributed by atoms with Gasteiger partial charge in [0.25, 0.3) is 5.91 Å². The SMILES string of the molecule is CS[C@@H]1CCC[C@H]1N(C)C(=O)c1ccc2c(c1)CCCN2C(C)=O.